The Bertz CT molecular complexity index is 715. The van der Waals surface area contributed by atoms with E-state index in [0.29, 0.717) is 0 Å². The molecule has 0 nitrogen and oxygen atoms in total. The fourth-order valence-electron chi connectivity index (χ4n) is 5.63. The molecule has 4 atom stereocenters. The van der Waals surface area contributed by atoms with E-state index >= 15 is 0 Å². The maximum atomic E-state index is 13.1. The molecule has 2 fully saturated rings. The second-order valence-electron chi connectivity index (χ2n) is 8.98. The standard InChI is InChI=1S/C26H33F/c1-2-3-4-19-5-6-25-18-24(12-11-23(25)17-19)22-9-7-20(8-10-22)21-13-15-26(27)16-14-21/h7-10,13-16,19,23-25H,2-6,11-12,17-18H2,1H3. The molecule has 0 aromatic heterocycles. The van der Waals surface area contributed by atoms with Crippen LogP contribution < -0.4 is 0 Å². The zero-order valence-electron chi connectivity index (χ0n) is 16.7. The van der Waals surface area contributed by atoms with Gasteiger partial charge in [-0.05, 0) is 84.6 Å². The largest absolute Gasteiger partial charge is 0.207 e. The van der Waals surface area contributed by atoms with Crippen LogP contribution in [0.3, 0.4) is 0 Å². The van der Waals surface area contributed by atoms with Crippen molar-refractivity contribution in [1.29, 1.82) is 0 Å². The lowest BCUT2D eigenvalue weighted by molar-refractivity contribution is 0.113. The monoisotopic (exact) mass is 364 g/mol. The molecular formula is C26H33F. The Hall–Kier alpha value is -1.63. The lowest BCUT2D eigenvalue weighted by atomic mass is 9.63. The molecule has 0 spiro atoms. The van der Waals surface area contributed by atoms with E-state index in [0.717, 1.165) is 29.2 Å². The Balaban J connectivity index is 1.37. The van der Waals surface area contributed by atoms with Crippen molar-refractivity contribution in [3.8, 4) is 11.1 Å². The van der Waals surface area contributed by atoms with Gasteiger partial charge in [0, 0.05) is 0 Å². The maximum Gasteiger partial charge on any atom is 0.123 e. The van der Waals surface area contributed by atoms with Crippen molar-refractivity contribution < 1.29 is 4.39 Å². The smallest absolute Gasteiger partial charge is 0.123 e. The molecular weight excluding hydrogens is 331 g/mol. The number of hydrogen-bond donors (Lipinski definition) is 0. The Kier molecular flexibility index (Phi) is 5.95. The molecule has 2 aliphatic carbocycles. The molecule has 0 heterocycles. The Morgan fingerprint density at radius 3 is 2.11 bits per heavy atom. The molecule has 27 heavy (non-hydrogen) atoms. The first-order valence-corrected chi connectivity index (χ1v) is 11.1. The molecule has 0 amide bonds. The van der Waals surface area contributed by atoms with Crippen molar-refractivity contribution in [3.05, 3.63) is 59.9 Å². The first kappa shape index (κ1) is 18.7. The van der Waals surface area contributed by atoms with Crippen LogP contribution in [0.5, 0.6) is 0 Å². The number of halogens is 1. The third kappa shape index (κ3) is 4.45. The predicted molar refractivity (Wildman–Crippen MR) is 112 cm³/mol. The van der Waals surface area contributed by atoms with Crippen LogP contribution in [-0.4, -0.2) is 0 Å². The molecule has 1 heteroatoms. The molecule has 2 aliphatic rings. The topological polar surface area (TPSA) is 0 Å². The molecule has 0 aliphatic heterocycles. The summed E-state index contributed by atoms with van der Waals surface area (Å²) in [6.45, 7) is 2.32. The summed E-state index contributed by atoms with van der Waals surface area (Å²) in [6.07, 6.45) is 12.8. The summed E-state index contributed by atoms with van der Waals surface area (Å²) in [7, 11) is 0. The highest BCUT2D eigenvalue weighted by atomic mass is 19.1. The molecule has 2 aromatic carbocycles. The number of hydrogen-bond acceptors (Lipinski definition) is 0. The van der Waals surface area contributed by atoms with Crippen LogP contribution in [0.4, 0.5) is 4.39 Å². The Labute approximate surface area is 164 Å². The van der Waals surface area contributed by atoms with Crippen molar-refractivity contribution in [2.75, 3.05) is 0 Å². The predicted octanol–water partition coefficient (Wildman–Crippen LogP) is 7.98. The van der Waals surface area contributed by atoms with Crippen LogP contribution in [0.25, 0.3) is 11.1 Å². The van der Waals surface area contributed by atoms with E-state index in [4.69, 9.17) is 0 Å². The maximum absolute atomic E-state index is 13.1. The molecule has 0 N–H and O–H groups in total. The molecule has 2 saturated carbocycles. The van der Waals surface area contributed by atoms with Crippen LogP contribution in [0.1, 0.15) is 76.2 Å². The first-order valence-electron chi connectivity index (χ1n) is 11.1. The average molecular weight is 365 g/mol. The molecule has 144 valence electrons. The van der Waals surface area contributed by atoms with Gasteiger partial charge in [-0.3, -0.25) is 0 Å². The minimum atomic E-state index is -0.170. The van der Waals surface area contributed by atoms with Crippen LogP contribution >= 0.6 is 0 Å². The minimum absolute atomic E-state index is 0.170. The van der Waals surface area contributed by atoms with E-state index < -0.39 is 0 Å². The third-order valence-electron chi connectivity index (χ3n) is 7.25. The van der Waals surface area contributed by atoms with Gasteiger partial charge in [-0.25, -0.2) is 4.39 Å². The van der Waals surface area contributed by atoms with Crippen LogP contribution in [0, 0.1) is 23.6 Å². The molecule has 0 saturated heterocycles. The third-order valence-corrected chi connectivity index (χ3v) is 7.25. The van der Waals surface area contributed by atoms with Crippen LogP contribution in [0.15, 0.2) is 48.5 Å². The van der Waals surface area contributed by atoms with Gasteiger partial charge in [0.1, 0.15) is 5.82 Å². The van der Waals surface area contributed by atoms with E-state index in [1.165, 1.54) is 68.9 Å². The van der Waals surface area contributed by atoms with Crippen LogP contribution in [0.2, 0.25) is 0 Å². The number of benzene rings is 2. The lowest BCUT2D eigenvalue weighted by Gasteiger charge is -2.42. The molecule has 4 unspecified atom stereocenters. The summed E-state index contributed by atoms with van der Waals surface area (Å²) in [5, 5.41) is 0. The van der Waals surface area contributed by atoms with Gasteiger partial charge >= 0.3 is 0 Å². The van der Waals surface area contributed by atoms with Gasteiger partial charge in [-0.2, -0.15) is 0 Å². The van der Waals surface area contributed by atoms with Crippen molar-refractivity contribution in [3.63, 3.8) is 0 Å². The fourth-order valence-corrected chi connectivity index (χ4v) is 5.63. The van der Waals surface area contributed by atoms with E-state index in [1.54, 1.807) is 12.1 Å². The Morgan fingerprint density at radius 1 is 0.778 bits per heavy atom. The van der Waals surface area contributed by atoms with Crippen molar-refractivity contribution >= 4 is 0 Å². The van der Waals surface area contributed by atoms with Crippen LogP contribution in [-0.2, 0) is 0 Å². The number of unbranched alkanes of at least 4 members (excludes halogenated alkanes) is 1. The summed E-state index contributed by atoms with van der Waals surface area (Å²) in [4.78, 5) is 0. The van der Waals surface area contributed by atoms with Crippen molar-refractivity contribution in [2.45, 2.75) is 70.6 Å². The first-order chi connectivity index (χ1) is 13.2. The lowest BCUT2D eigenvalue weighted by Crippen LogP contribution is -2.30. The summed E-state index contributed by atoms with van der Waals surface area (Å²) < 4.78 is 13.1. The average Bonchev–Trinajstić information content (AvgIpc) is 2.72. The summed E-state index contributed by atoms with van der Waals surface area (Å²) in [5.41, 5.74) is 3.79. The molecule has 0 bridgehead atoms. The summed E-state index contributed by atoms with van der Waals surface area (Å²) in [5.74, 6) is 3.53. The highest BCUT2D eigenvalue weighted by molar-refractivity contribution is 5.63. The number of rotatable bonds is 5. The van der Waals surface area contributed by atoms with Gasteiger partial charge in [0.15, 0.2) is 0 Å². The second-order valence-corrected chi connectivity index (χ2v) is 8.98. The van der Waals surface area contributed by atoms with Gasteiger partial charge in [0.05, 0.1) is 0 Å². The quantitative estimate of drug-likeness (QED) is 0.504. The molecule has 2 aromatic rings. The van der Waals surface area contributed by atoms with Gasteiger partial charge in [-0.15, -0.1) is 0 Å². The summed E-state index contributed by atoms with van der Waals surface area (Å²) in [6, 6.07) is 15.9. The fraction of sp³-hybridized carbons (Fsp3) is 0.538. The normalized spacial score (nSPS) is 27.9. The van der Waals surface area contributed by atoms with Crippen molar-refractivity contribution in [1.82, 2.24) is 0 Å². The molecule has 4 rings (SSSR count). The minimum Gasteiger partial charge on any atom is -0.207 e. The van der Waals surface area contributed by atoms with Gasteiger partial charge in [0.25, 0.3) is 0 Å². The van der Waals surface area contributed by atoms with Gasteiger partial charge < -0.3 is 0 Å². The highest BCUT2D eigenvalue weighted by Crippen LogP contribution is 2.48. The zero-order valence-corrected chi connectivity index (χ0v) is 16.7. The number of fused-ring (bicyclic) bond motifs is 1. The highest BCUT2D eigenvalue weighted by Gasteiger charge is 2.35. The van der Waals surface area contributed by atoms with E-state index in [-0.39, 0.29) is 5.82 Å². The SMILES string of the molecule is CCCCC1CCC2CC(c3ccc(-c4ccc(F)cc4)cc3)CCC2C1. The molecule has 0 radical (unpaired) electrons. The van der Waals surface area contributed by atoms with E-state index in [1.807, 2.05) is 12.1 Å². The van der Waals surface area contributed by atoms with E-state index in [2.05, 4.69) is 31.2 Å². The van der Waals surface area contributed by atoms with Gasteiger partial charge in [-0.1, -0.05) is 69.0 Å². The zero-order chi connectivity index (χ0) is 18.6. The van der Waals surface area contributed by atoms with E-state index in [9.17, 15) is 4.39 Å². The summed E-state index contributed by atoms with van der Waals surface area (Å²) >= 11 is 0. The second kappa shape index (κ2) is 8.59. The van der Waals surface area contributed by atoms with Crippen molar-refractivity contribution in [2.24, 2.45) is 17.8 Å². The Morgan fingerprint density at radius 2 is 1.41 bits per heavy atom. The van der Waals surface area contributed by atoms with Gasteiger partial charge in [0.2, 0.25) is 0 Å².